The molecule has 1 rings (SSSR count). The minimum atomic E-state index is -1.32. The third-order valence-electron chi connectivity index (χ3n) is 4.69. The molecule has 5 unspecified atom stereocenters. The van der Waals surface area contributed by atoms with E-state index in [0.29, 0.717) is 25.4 Å². The fraction of sp³-hybridized carbons (Fsp3) is 0.889. The van der Waals surface area contributed by atoms with Crippen LogP contribution in [0.4, 0.5) is 0 Å². The first kappa shape index (κ1) is 24.3. The highest BCUT2D eigenvalue weighted by Gasteiger charge is 2.45. The van der Waals surface area contributed by atoms with Gasteiger partial charge in [0.1, 0.15) is 24.4 Å². The quantitative estimate of drug-likeness (QED) is 0.407. The number of nitrogens with one attached hydrogen (secondary N) is 1. The van der Waals surface area contributed by atoms with Gasteiger partial charge in [-0.1, -0.05) is 25.6 Å². The van der Waals surface area contributed by atoms with Gasteiger partial charge in [0.25, 0.3) is 0 Å². The van der Waals surface area contributed by atoms with Gasteiger partial charge in [-0.3, -0.25) is 9.59 Å². The molecule has 1 saturated heterocycles. The summed E-state index contributed by atoms with van der Waals surface area (Å²) >= 11 is 1.25. The third-order valence-corrected chi connectivity index (χ3v) is 5.31. The topological polar surface area (TPSA) is 125 Å². The zero-order valence-corrected chi connectivity index (χ0v) is 17.3. The monoisotopic (exact) mass is 407 g/mol. The van der Waals surface area contributed by atoms with E-state index in [2.05, 4.69) is 12.2 Å². The molecule has 158 valence electrons. The molecule has 0 bridgehead atoms. The summed E-state index contributed by atoms with van der Waals surface area (Å²) in [5, 5.41) is 32.2. The molecule has 0 saturated carbocycles. The molecular formula is C18H33NO7S. The summed E-state index contributed by atoms with van der Waals surface area (Å²) in [4.78, 5) is 22.9. The second-order valence-electron chi connectivity index (χ2n) is 7.32. The van der Waals surface area contributed by atoms with Crippen molar-refractivity contribution in [1.82, 2.24) is 5.32 Å². The molecule has 1 aliphatic heterocycles. The highest BCUT2D eigenvalue weighted by atomic mass is 32.2. The molecule has 0 aromatic carbocycles. The number of thioether (sulfide) groups is 1. The van der Waals surface area contributed by atoms with Crippen molar-refractivity contribution in [3.8, 4) is 0 Å². The second kappa shape index (κ2) is 12.0. The van der Waals surface area contributed by atoms with Gasteiger partial charge in [0.15, 0.2) is 11.4 Å². The SMILES string of the molecule is CSC(=O)CC(C)CC(C)CCO[C@@H]1OC(CO)[C@@H](O)C(O)C1NC(C)=O. The summed E-state index contributed by atoms with van der Waals surface area (Å²) in [5.41, 5.74) is 0. The summed E-state index contributed by atoms with van der Waals surface area (Å²) in [6.07, 6.45) is -0.640. The first-order valence-corrected chi connectivity index (χ1v) is 10.5. The van der Waals surface area contributed by atoms with Crippen LogP contribution in [0.3, 0.4) is 0 Å². The molecule has 1 fully saturated rings. The van der Waals surface area contributed by atoms with Gasteiger partial charge in [0, 0.05) is 13.3 Å². The predicted molar refractivity (Wildman–Crippen MR) is 102 cm³/mol. The Labute approximate surface area is 165 Å². The molecule has 0 spiro atoms. The summed E-state index contributed by atoms with van der Waals surface area (Å²) in [7, 11) is 0. The standard InChI is InChI=1S/C18H33NO7S/c1-10(7-11(2)8-14(22)27-4)5-6-25-18-15(19-12(3)21)17(24)16(23)13(9-20)26-18/h10-11,13,15-18,20,23-24H,5-9H2,1-4H3,(H,19,21)/t10?,11?,13?,15?,16-,17?,18-/m1/s1. The van der Waals surface area contributed by atoms with Crippen LogP contribution in [0.2, 0.25) is 0 Å². The molecule has 27 heavy (non-hydrogen) atoms. The summed E-state index contributed by atoms with van der Waals surface area (Å²) in [6.45, 7) is 5.28. The van der Waals surface area contributed by atoms with Crippen LogP contribution in [0.25, 0.3) is 0 Å². The summed E-state index contributed by atoms with van der Waals surface area (Å²) in [6, 6.07) is -0.922. The van der Waals surface area contributed by atoms with Gasteiger partial charge in [-0.2, -0.15) is 0 Å². The van der Waals surface area contributed by atoms with E-state index in [0.717, 1.165) is 6.42 Å². The molecule has 0 aromatic heterocycles. The fourth-order valence-electron chi connectivity index (χ4n) is 3.25. The minimum Gasteiger partial charge on any atom is -0.394 e. The van der Waals surface area contributed by atoms with Gasteiger partial charge < -0.3 is 30.1 Å². The molecule has 7 atom stereocenters. The normalized spacial score (nSPS) is 30.6. The van der Waals surface area contributed by atoms with Crippen LogP contribution >= 0.6 is 11.8 Å². The van der Waals surface area contributed by atoms with E-state index in [9.17, 15) is 24.9 Å². The maximum Gasteiger partial charge on any atom is 0.217 e. The first-order chi connectivity index (χ1) is 12.7. The molecular weight excluding hydrogens is 374 g/mol. The molecule has 4 N–H and O–H groups in total. The number of rotatable bonds is 10. The highest BCUT2D eigenvalue weighted by Crippen LogP contribution is 2.24. The lowest BCUT2D eigenvalue weighted by molar-refractivity contribution is -0.270. The van der Waals surface area contributed by atoms with Gasteiger partial charge in [-0.15, -0.1) is 0 Å². The largest absolute Gasteiger partial charge is 0.394 e. The molecule has 0 aliphatic carbocycles. The van der Waals surface area contributed by atoms with Gasteiger partial charge in [0.05, 0.1) is 13.2 Å². The van der Waals surface area contributed by atoms with Crippen LogP contribution in [0.15, 0.2) is 0 Å². The number of aliphatic hydroxyl groups is 3. The van der Waals surface area contributed by atoms with Crippen molar-refractivity contribution >= 4 is 22.8 Å². The van der Waals surface area contributed by atoms with Crippen molar-refractivity contribution in [3.05, 3.63) is 0 Å². The van der Waals surface area contributed by atoms with Crippen molar-refractivity contribution in [2.24, 2.45) is 11.8 Å². The minimum absolute atomic E-state index is 0.183. The summed E-state index contributed by atoms with van der Waals surface area (Å²) < 4.78 is 11.2. The average Bonchev–Trinajstić information content (AvgIpc) is 2.60. The number of carbonyl (C=O) groups is 2. The highest BCUT2D eigenvalue weighted by molar-refractivity contribution is 8.13. The lowest BCUT2D eigenvalue weighted by Crippen LogP contribution is -2.64. The molecule has 1 heterocycles. The summed E-state index contributed by atoms with van der Waals surface area (Å²) in [5.74, 6) is 0.224. The Bertz CT molecular complexity index is 479. The second-order valence-corrected chi connectivity index (χ2v) is 8.18. The van der Waals surface area contributed by atoms with Crippen LogP contribution in [0.5, 0.6) is 0 Å². The van der Waals surface area contributed by atoms with Gasteiger partial charge in [-0.05, 0) is 30.9 Å². The zero-order chi connectivity index (χ0) is 20.6. The molecule has 1 amide bonds. The molecule has 1 aliphatic rings. The lowest BCUT2D eigenvalue weighted by atomic mass is 9.93. The number of hydrogen-bond donors (Lipinski definition) is 4. The van der Waals surface area contributed by atoms with E-state index in [4.69, 9.17) is 9.47 Å². The Balaban J connectivity index is 2.53. The van der Waals surface area contributed by atoms with E-state index in [1.54, 1.807) is 6.26 Å². The first-order valence-electron chi connectivity index (χ1n) is 9.27. The molecule has 0 aromatic rings. The number of hydrogen-bond acceptors (Lipinski definition) is 8. The van der Waals surface area contributed by atoms with E-state index in [1.165, 1.54) is 18.7 Å². The van der Waals surface area contributed by atoms with Gasteiger partial charge >= 0.3 is 0 Å². The molecule has 0 radical (unpaired) electrons. The Kier molecular flexibility index (Phi) is 10.8. The fourth-order valence-corrected chi connectivity index (χ4v) is 3.71. The molecule has 9 heteroatoms. The Hall–Kier alpha value is -0.710. The zero-order valence-electron chi connectivity index (χ0n) is 16.5. The third kappa shape index (κ3) is 8.05. The smallest absolute Gasteiger partial charge is 0.217 e. The lowest BCUT2D eigenvalue weighted by Gasteiger charge is -2.42. The Morgan fingerprint density at radius 3 is 2.44 bits per heavy atom. The maximum absolute atomic E-state index is 11.5. The molecule has 8 nitrogen and oxygen atoms in total. The van der Waals surface area contributed by atoms with Crippen molar-refractivity contribution < 1.29 is 34.4 Å². The van der Waals surface area contributed by atoms with E-state index in [-0.39, 0.29) is 16.9 Å². The maximum atomic E-state index is 11.5. The van der Waals surface area contributed by atoms with Crippen LogP contribution < -0.4 is 5.32 Å². The number of amides is 1. The van der Waals surface area contributed by atoms with Crippen LogP contribution in [0, 0.1) is 11.8 Å². The van der Waals surface area contributed by atoms with Crippen molar-refractivity contribution in [3.63, 3.8) is 0 Å². The van der Waals surface area contributed by atoms with Crippen LogP contribution in [-0.4, -0.2) is 76.5 Å². The number of ether oxygens (including phenoxy) is 2. The van der Waals surface area contributed by atoms with E-state index >= 15 is 0 Å². The van der Waals surface area contributed by atoms with Gasteiger partial charge in [0.2, 0.25) is 5.91 Å². The number of carbonyl (C=O) groups excluding carboxylic acids is 2. The van der Waals surface area contributed by atoms with Crippen LogP contribution in [-0.2, 0) is 19.1 Å². The Morgan fingerprint density at radius 1 is 1.22 bits per heavy atom. The van der Waals surface area contributed by atoms with Crippen molar-refractivity contribution in [2.45, 2.75) is 70.7 Å². The van der Waals surface area contributed by atoms with E-state index < -0.39 is 37.3 Å². The van der Waals surface area contributed by atoms with Crippen molar-refractivity contribution in [2.75, 3.05) is 19.5 Å². The van der Waals surface area contributed by atoms with Crippen molar-refractivity contribution in [1.29, 1.82) is 0 Å². The van der Waals surface area contributed by atoms with Crippen LogP contribution in [0.1, 0.15) is 40.0 Å². The van der Waals surface area contributed by atoms with E-state index in [1.807, 2.05) is 6.92 Å². The van der Waals surface area contributed by atoms with Gasteiger partial charge in [-0.25, -0.2) is 0 Å². The number of aliphatic hydroxyl groups excluding tert-OH is 3. The Morgan fingerprint density at radius 2 is 1.89 bits per heavy atom. The predicted octanol–water partition coefficient (Wildman–Crippen LogP) is 0.279. The average molecular weight is 408 g/mol.